The molecule has 0 aliphatic rings. The molecule has 3 nitrogen and oxygen atoms in total. The van der Waals surface area contributed by atoms with Gasteiger partial charge in [0.25, 0.3) is 0 Å². The molecular formula is C17H19FN2O. The van der Waals surface area contributed by atoms with Crippen LogP contribution in [0, 0.1) is 5.82 Å². The fourth-order valence-corrected chi connectivity index (χ4v) is 2.15. The molecule has 4 heteroatoms. The highest BCUT2D eigenvalue weighted by molar-refractivity contribution is 5.93. The molecule has 0 saturated carbocycles. The van der Waals surface area contributed by atoms with Crippen LogP contribution in [0.4, 0.5) is 10.1 Å². The molecule has 0 aliphatic heterocycles. The Morgan fingerprint density at radius 3 is 2.62 bits per heavy atom. The minimum absolute atomic E-state index is 0.0860. The van der Waals surface area contributed by atoms with Gasteiger partial charge in [0.05, 0.1) is 5.69 Å². The molecule has 0 bridgehead atoms. The van der Waals surface area contributed by atoms with Gasteiger partial charge in [-0.05, 0) is 43.5 Å². The highest BCUT2D eigenvalue weighted by Gasteiger charge is 2.10. The first-order chi connectivity index (χ1) is 10.1. The molecule has 2 aromatic rings. The van der Waals surface area contributed by atoms with Crippen LogP contribution in [-0.4, -0.2) is 11.9 Å². The molecule has 0 saturated heterocycles. The van der Waals surface area contributed by atoms with Gasteiger partial charge in [0.2, 0.25) is 5.91 Å². The van der Waals surface area contributed by atoms with Gasteiger partial charge in [-0.2, -0.15) is 0 Å². The monoisotopic (exact) mass is 286 g/mol. The third-order valence-electron chi connectivity index (χ3n) is 3.36. The Kier molecular flexibility index (Phi) is 4.93. The van der Waals surface area contributed by atoms with Gasteiger partial charge in [-0.3, -0.25) is 4.79 Å². The summed E-state index contributed by atoms with van der Waals surface area (Å²) >= 11 is 0. The van der Waals surface area contributed by atoms with Crippen molar-refractivity contribution < 1.29 is 9.18 Å². The number of benzene rings is 2. The molecule has 2 rings (SSSR count). The van der Waals surface area contributed by atoms with Gasteiger partial charge in [0, 0.05) is 11.6 Å². The van der Waals surface area contributed by atoms with Gasteiger partial charge >= 0.3 is 0 Å². The maximum atomic E-state index is 13.7. The molecule has 1 unspecified atom stereocenters. The normalized spacial score (nSPS) is 11.9. The van der Waals surface area contributed by atoms with E-state index in [2.05, 4.69) is 17.4 Å². The summed E-state index contributed by atoms with van der Waals surface area (Å²) in [5.74, 6) is -0.943. The van der Waals surface area contributed by atoms with Gasteiger partial charge in [-0.15, -0.1) is 0 Å². The average molecular weight is 286 g/mol. The smallest absolute Gasteiger partial charge is 0.248 e. The first-order valence-corrected chi connectivity index (χ1v) is 6.96. The van der Waals surface area contributed by atoms with Crippen LogP contribution in [-0.2, 0) is 6.42 Å². The van der Waals surface area contributed by atoms with Crippen LogP contribution < -0.4 is 11.1 Å². The fourth-order valence-electron chi connectivity index (χ4n) is 2.15. The molecule has 1 atom stereocenters. The Bertz CT molecular complexity index is 613. The zero-order valence-corrected chi connectivity index (χ0v) is 12.0. The summed E-state index contributed by atoms with van der Waals surface area (Å²) in [6, 6.07) is 14.3. The van der Waals surface area contributed by atoms with Crippen molar-refractivity contribution in [3.8, 4) is 0 Å². The lowest BCUT2D eigenvalue weighted by Crippen LogP contribution is -2.18. The Labute approximate surface area is 124 Å². The first-order valence-electron chi connectivity index (χ1n) is 6.96. The Morgan fingerprint density at radius 1 is 1.24 bits per heavy atom. The molecule has 0 radical (unpaired) electrons. The van der Waals surface area contributed by atoms with E-state index in [-0.39, 0.29) is 11.9 Å². The van der Waals surface area contributed by atoms with Gasteiger partial charge in [-0.25, -0.2) is 4.39 Å². The summed E-state index contributed by atoms with van der Waals surface area (Å²) < 4.78 is 13.7. The number of carbonyl (C=O) groups excluding carboxylic acids is 1. The third kappa shape index (κ3) is 4.31. The van der Waals surface area contributed by atoms with Crippen molar-refractivity contribution in [2.24, 2.45) is 5.73 Å². The van der Waals surface area contributed by atoms with E-state index in [0.29, 0.717) is 11.3 Å². The van der Waals surface area contributed by atoms with Crippen LogP contribution in [0.15, 0.2) is 48.5 Å². The van der Waals surface area contributed by atoms with E-state index >= 15 is 0 Å². The van der Waals surface area contributed by atoms with Crippen LogP contribution >= 0.6 is 0 Å². The molecule has 0 fully saturated rings. The van der Waals surface area contributed by atoms with E-state index in [1.165, 1.54) is 23.8 Å². The van der Waals surface area contributed by atoms with E-state index < -0.39 is 5.91 Å². The molecule has 0 heterocycles. The topological polar surface area (TPSA) is 55.1 Å². The van der Waals surface area contributed by atoms with E-state index in [4.69, 9.17) is 5.73 Å². The van der Waals surface area contributed by atoms with Crippen molar-refractivity contribution in [2.45, 2.75) is 25.8 Å². The van der Waals surface area contributed by atoms with Gasteiger partial charge in [-0.1, -0.05) is 30.3 Å². The minimum Gasteiger partial charge on any atom is -0.380 e. The van der Waals surface area contributed by atoms with E-state index in [0.717, 1.165) is 12.8 Å². The SMILES string of the molecule is CC(CCc1ccccc1)Nc1cc(C(N)=O)ccc1F. The van der Waals surface area contributed by atoms with E-state index in [9.17, 15) is 9.18 Å². The van der Waals surface area contributed by atoms with Crippen molar-refractivity contribution >= 4 is 11.6 Å². The second-order valence-electron chi connectivity index (χ2n) is 5.13. The summed E-state index contributed by atoms with van der Waals surface area (Å²) in [6.07, 6.45) is 1.77. The molecular weight excluding hydrogens is 267 g/mol. The van der Waals surface area contributed by atoms with Gasteiger partial charge in [0.15, 0.2) is 0 Å². The highest BCUT2D eigenvalue weighted by Crippen LogP contribution is 2.18. The summed E-state index contributed by atoms with van der Waals surface area (Å²) in [6.45, 7) is 1.99. The number of nitrogens with two attached hydrogens (primary N) is 1. The zero-order chi connectivity index (χ0) is 15.2. The quantitative estimate of drug-likeness (QED) is 0.855. The van der Waals surface area contributed by atoms with Crippen molar-refractivity contribution in [1.82, 2.24) is 0 Å². The lowest BCUT2D eigenvalue weighted by molar-refractivity contribution is 0.100. The zero-order valence-electron chi connectivity index (χ0n) is 12.0. The Hall–Kier alpha value is -2.36. The van der Waals surface area contributed by atoms with Crippen LogP contribution in [0.25, 0.3) is 0 Å². The molecule has 110 valence electrons. The Morgan fingerprint density at radius 2 is 1.95 bits per heavy atom. The lowest BCUT2D eigenvalue weighted by atomic mass is 10.1. The number of hydrogen-bond acceptors (Lipinski definition) is 2. The van der Waals surface area contributed by atoms with Crippen molar-refractivity contribution in [3.05, 3.63) is 65.5 Å². The molecule has 0 aliphatic carbocycles. The maximum Gasteiger partial charge on any atom is 0.248 e. The Balaban J connectivity index is 1.97. The average Bonchev–Trinajstić information content (AvgIpc) is 2.48. The largest absolute Gasteiger partial charge is 0.380 e. The van der Waals surface area contributed by atoms with Gasteiger partial charge < -0.3 is 11.1 Å². The fraction of sp³-hybridized carbons (Fsp3) is 0.235. The highest BCUT2D eigenvalue weighted by atomic mass is 19.1. The molecule has 0 spiro atoms. The summed E-state index contributed by atoms with van der Waals surface area (Å²) in [5.41, 5.74) is 7.07. The number of rotatable bonds is 6. The number of anilines is 1. The second-order valence-corrected chi connectivity index (χ2v) is 5.13. The number of carbonyl (C=O) groups is 1. The summed E-state index contributed by atoms with van der Waals surface area (Å²) in [7, 11) is 0. The molecule has 21 heavy (non-hydrogen) atoms. The predicted octanol–water partition coefficient (Wildman–Crippen LogP) is 3.36. The number of hydrogen-bond donors (Lipinski definition) is 2. The van der Waals surface area contributed by atoms with E-state index in [1.54, 1.807) is 0 Å². The molecule has 2 aromatic carbocycles. The summed E-state index contributed by atoms with van der Waals surface area (Å²) in [5, 5.41) is 3.09. The van der Waals surface area contributed by atoms with Crippen molar-refractivity contribution in [3.63, 3.8) is 0 Å². The predicted molar refractivity (Wildman–Crippen MR) is 82.8 cm³/mol. The number of halogens is 1. The number of aryl methyl sites for hydroxylation is 1. The van der Waals surface area contributed by atoms with Crippen LogP contribution in [0.3, 0.4) is 0 Å². The third-order valence-corrected chi connectivity index (χ3v) is 3.36. The van der Waals surface area contributed by atoms with E-state index in [1.807, 2.05) is 25.1 Å². The van der Waals surface area contributed by atoms with Crippen molar-refractivity contribution in [2.75, 3.05) is 5.32 Å². The lowest BCUT2D eigenvalue weighted by Gasteiger charge is -2.16. The molecule has 3 N–H and O–H groups in total. The first kappa shape index (κ1) is 15.0. The molecule has 0 aromatic heterocycles. The van der Waals surface area contributed by atoms with Crippen LogP contribution in [0.5, 0.6) is 0 Å². The standard InChI is InChI=1S/C17H19FN2O/c1-12(7-8-13-5-3-2-4-6-13)20-16-11-14(17(19)21)9-10-15(16)18/h2-6,9-12,20H,7-8H2,1H3,(H2,19,21). The van der Waals surface area contributed by atoms with Crippen molar-refractivity contribution in [1.29, 1.82) is 0 Å². The number of nitrogens with one attached hydrogen (secondary N) is 1. The second kappa shape index (κ2) is 6.88. The van der Waals surface area contributed by atoms with Gasteiger partial charge in [0.1, 0.15) is 5.82 Å². The number of primary amides is 1. The maximum absolute atomic E-state index is 13.7. The van der Waals surface area contributed by atoms with Crippen LogP contribution in [0.2, 0.25) is 0 Å². The summed E-state index contributed by atoms with van der Waals surface area (Å²) in [4.78, 5) is 11.1. The number of amides is 1. The minimum atomic E-state index is -0.560. The molecule has 1 amide bonds. The van der Waals surface area contributed by atoms with Crippen LogP contribution in [0.1, 0.15) is 29.3 Å².